The van der Waals surface area contributed by atoms with Crippen LogP contribution < -0.4 is 0 Å². The smallest absolute Gasteiger partial charge is 0.308 e. The monoisotopic (exact) mass is 483 g/mol. The van der Waals surface area contributed by atoms with Crippen LogP contribution >= 0.6 is 11.3 Å². The first kappa shape index (κ1) is 22.0. The fourth-order valence-corrected chi connectivity index (χ4v) is 5.42. The Morgan fingerprint density at radius 2 is 2.03 bits per heavy atom. The van der Waals surface area contributed by atoms with Crippen LogP contribution in [0.15, 0.2) is 47.1 Å². The molecule has 5 rings (SSSR count). The molecule has 0 amide bonds. The van der Waals surface area contributed by atoms with Crippen LogP contribution in [0.4, 0.5) is 5.69 Å². The molecule has 1 aromatic carbocycles. The lowest BCUT2D eigenvalue weighted by Crippen LogP contribution is -2.39. The molecule has 1 N–H and O–H groups in total. The van der Waals surface area contributed by atoms with Gasteiger partial charge >= 0.3 is 5.97 Å². The molecule has 1 aliphatic heterocycles. The minimum atomic E-state index is -0.447. The number of esters is 1. The van der Waals surface area contributed by atoms with E-state index in [2.05, 4.69) is 15.0 Å². The number of carbonyl (C=O) groups excluding carboxylic acids is 1. The van der Waals surface area contributed by atoms with Crippen LogP contribution in [-0.2, 0) is 9.53 Å². The Balaban J connectivity index is 1.52. The summed E-state index contributed by atoms with van der Waals surface area (Å²) < 4.78 is 11.6. The molecule has 3 aromatic heterocycles. The Morgan fingerprint density at radius 3 is 2.62 bits per heavy atom. The van der Waals surface area contributed by atoms with Crippen molar-refractivity contribution in [2.24, 2.45) is 5.92 Å². The Hall–Kier alpha value is -3.77. The molecule has 0 bridgehead atoms. The number of likely N-dealkylation sites (tertiary alicyclic amines) is 1. The van der Waals surface area contributed by atoms with Crippen LogP contribution in [0.5, 0.6) is 5.88 Å². The molecule has 11 nitrogen and oxygen atoms in total. The van der Waals surface area contributed by atoms with Gasteiger partial charge in [-0.25, -0.2) is 0 Å². The second-order valence-electron chi connectivity index (χ2n) is 7.98. The summed E-state index contributed by atoms with van der Waals surface area (Å²) in [6, 6.07) is 9.37. The Bertz CT molecular complexity index is 1320. The number of benzene rings is 1. The summed E-state index contributed by atoms with van der Waals surface area (Å²) in [6.07, 6.45) is 2.75. The topological polar surface area (TPSA) is 136 Å². The Kier molecular flexibility index (Phi) is 5.75. The van der Waals surface area contributed by atoms with Crippen molar-refractivity contribution in [2.45, 2.75) is 18.9 Å². The van der Waals surface area contributed by atoms with Crippen molar-refractivity contribution in [1.29, 1.82) is 0 Å². The number of nitro groups is 1. The number of aromatic hydroxyl groups is 1. The minimum absolute atomic E-state index is 0.0122. The molecule has 176 valence electrons. The first-order valence-electron chi connectivity index (χ1n) is 10.6. The molecule has 1 saturated heterocycles. The molecule has 0 spiro atoms. The summed E-state index contributed by atoms with van der Waals surface area (Å²) >= 11 is 1.29. The molecule has 1 unspecified atom stereocenters. The zero-order valence-corrected chi connectivity index (χ0v) is 19.0. The van der Waals surface area contributed by atoms with E-state index in [1.165, 1.54) is 41.4 Å². The third kappa shape index (κ3) is 3.90. The highest BCUT2D eigenvalue weighted by atomic mass is 32.1. The van der Waals surface area contributed by atoms with Gasteiger partial charge < -0.3 is 14.3 Å². The van der Waals surface area contributed by atoms with Crippen LogP contribution in [0, 0.1) is 16.0 Å². The number of nitrogens with zero attached hydrogens (tertiary/aromatic N) is 5. The molecule has 0 saturated carbocycles. The number of nitro benzene ring substituents is 1. The highest BCUT2D eigenvalue weighted by Gasteiger charge is 2.34. The predicted octanol–water partition coefficient (Wildman–Crippen LogP) is 3.64. The van der Waals surface area contributed by atoms with Crippen LogP contribution in [-0.4, -0.2) is 55.7 Å². The number of carbonyl (C=O) groups is 1. The number of aromatic nitrogens is 3. The van der Waals surface area contributed by atoms with Gasteiger partial charge in [-0.15, -0.1) is 5.10 Å². The van der Waals surface area contributed by atoms with Crippen molar-refractivity contribution < 1.29 is 24.0 Å². The second-order valence-corrected chi connectivity index (χ2v) is 8.99. The number of ether oxygens (including phenoxy) is 1. The van der Waals surface area contributed by atoms with Gasteiger partial charge in [0, 0.05) is 12.1 Å². The largest absolute Gasteiger partial charge is 0.492 e. The average Bonchev–Trinajstić information content (AvgIpc) is 3.58. The molecule has 4 heterocycles. The highest BCUT2D eigenvalue weighted by Crippen LogP contribution is 2.42. The van der Waals surface area contributed by atoms with Gasteiger partial charge in [0.05, 0.1) is 35.1 Å². The number of methoxy groups -OCH3 is 1. The third-order valence-corrected chi connectivity index (χ3v) is 7.11. The van der Waals surface area contributed by atoms with E-state index in [1.54, 1.807) is 24.3 Å². The Labute approximate surface area is 197 Å². The number of non-ortho nitro benzene ring substituents is 1. The van der Waals surface area contributed by atoms with Gasteiger partial charge in [0.25, 0.3) is 5.69 Å². The van der Waals surface area contributed by atoms with Crippen LogP contribution in [0.25, 0.3) is 16.5 Å². The van der Waals surface area contributed by atoms with Crippen molar-refractivity contribution in [1.82, 2.24) is 19.5 Å². The number of thiazole rings is 1. The zero-order chi connectivity index (χ0) is 23.8. The lowest BCUT2D eigenvalue weighted by molar-refractivity contribution is -0.384. The number of hydrogen-bond donors (Lipinski definition) is 1. The number of hydrogen-bond acceptors (Lipinski definition) is 10. The van der Waals surface area contributed by atoms with E-state index in [9.17, 15) is 20.0 Å². The molecule has 34 heavy (non-hydrogen) atoms. The maximum Gasteiger partial charge on any atom is 0.308 e. The van der Waals surface area contributed by atoms with Crippen LogP contribution in [0.1, 0.15) is 29.3 Å². The summed E-state index contributed by atoms with van der Waals surface area (Å²) in [5.41, 5.74) is 0.773. The average molecular weight is 484 g/mol. The number of piperidine rings is 1. The van der Waals surface area contributed by atoms with Crippen molar-refractivity contribution in [3.05, 3.63) is 63.2 Å². The van der Waals surface area contributed by atoms with Crippen molar-refractivity contribution in [2.75, 3.05) is 20.2 Å². The lowest BCUT2D eigenvalue weighted by atomic mass is 9.93. The first-order valence-corrected chi connectivity index (χ1v) is 11.5. The van der Waals surface area contributed by atoms with Gasteiger partial charge in [-0.1, -0.05) is 23.5 Å². The maximum atomic E-state index is 12.0. The minimum Gasteiger partial charge on any atom is -0.492 e. The van der Waals surface area contributed by atoms with Crippen molar-refractivity contribution >= 4 is 28.0 Å². The van der Waals surface area contributed by atoms with Gasteiger partial charge in [0.15, 0.2) is 5.76 Å². The quantitative estimate of drug-likeness (QED) is 0.248. The number of rotatable bonds is 6. The maximum absolute atomic E-state index is 12.0. The van der Waals surface area contributed by atoms with Crippen molar-refractivity contribution in [3.63, 3.8) is 0 Å². The highest BCUT2D eigenvalue weighted by molar-refractivity contribution is 7.17. The van der Waals surface area contributed by atoms with Gasteiger partial charge in [-0.3, -0.25) is 19.8 Å². The second kappa shape index (κ2) is 8.88. The van der Waals surface area contributed by atoms with Gasteiger partial charge in [0.2, 0.25) is 16.7 Å². The SMILES string of the molecule is COC(=O)C1CCN(C(c2ccc([N+](=O)[O-])cc2)c2sc3nc(-c4ccco4)nn3c2O)CC1. The van der Waals surface area contributed by atoms with E-state index in [1.807, 2.05) is 0 Å². The lowest BCUT2D eigenvalue weighted by Gasteiger charge is -2.36. The fourth-order valence-electron chi connectivity index (χ4n) is 4.30. The summed E-state index contributed by atoms with van der Waals surface area (Å²) in [4.78, 5) is 30.4. The van der Waals surface area contributed by atoms with Crippen LogP contribution in [0.2, 0.25) is 0 Å². The van der Waals surface area contributed by atoms with Crippen molar-refractivity contribution in [3.8, 4) is 17.5 Å². The molecule has 4 aromatic rings. The normalized spacial score (nSPS) is 16.0. The van der Waals surface area contributed by atoms with E-state index in [0.717, 1.165) is 5.56 Å². The van der Waals surface area contributed by atoms with Crippen LogP contribution in [0.3, 0.4) is 0 Å². The first-order chi connectivity index (χ1) is 16.5. The summed E-state index contributed by atoms with van der Waals surface area (Å²) in [5, 5.41) is 26.6. The molecular formula is C22H21N5O6S. The van der Waals surface area contributed by atoms with Gasteiger partial charge in [0.1, 0.15) is 0 Å². The predicted molar refractivity (Wildman–Crippen MR) is 121 cm³/mol. The zero-order valence-electron chi connectivity index (χ0n) is 18.2. The van der Waals surface area contributed by atoms with E-state index in [-0.39, 0.29) is 29.5 Å². The molecule has 1 atom stereocenters. The van der Waals surface area contributed by atoms with E-state index in [4.69, 9.17) is 9.15 Å². The summed E-state index contributed by atoms with van der Waals surface area (Å²) in [7, 11) is 1.39. The molecule has 0 aliphatic carbocycles. The van der Waals surface area contributed by atoms with Gasteiger partial charge in [-0.2, -0.15) is 9.50 Å². The Morgan fingerprint density at radius 1 is 1.29 bits per heavy atom. The molecule has 1 fully saturated rings. The molecule has 0 radical (unpaired) electrons. The summed E-state index contributed by atoms with van der Waals surface area (Å²) in [5.74, 6) is 0.408. The van der Waals surface area contributed by atoms with E-state index < -0.39 is 4.92 Å². The van der Waals surface area contributed by atoms with E-state index in [0.29, 0.717) is 47.4 Å². The summed E-state index contributed by atoms with van der Waals surface area (Å²) in [6.45, 7) is 1.18. The standard InChI is InChI=1S/C22H21N5O6S/c1-32-21(29)14-8-10-25(11-9-14)17(13-4-6-15(7-5-13)27(30)31)18-20(28)26-22(34-18)23-19(24-26)16-3-2-12-33-16/h2-7,12,14,17,28H,8-11H2,1H3. The fraction of sp³-hybridized carbons (Fsp3) is 0.318. The number of furan rings is 1. The van der Waals surface area contributed by atoms with Gasteiger partial charge in [-0.05, 0) is 43.6 Å². The molecule has 12 heteroatoms. The third-order valence-electron chi connectivity index (χ3n) is 6.04. The molecule has 1 aliphatic rings. The number of fused-ring (bicyclic) bond motifs is 1. The van der Waals surface area contributed by atoms with E-state index >= 15 is 0 Å². The molecular weight excluding hydrogens is 462 g/mol.